The van der Waals surface area contributed by atoms with Crippen LogP contribution in [0.5, 0.6) is 0 Å². The van der Waals surface area contributed by atoms with Gasteiger partial charge in [-0.25, -0.2) is 0 Å². The molecule has 1 aliphatic rings. The van der Waals surface area contributed by atoms with E-state index in [1.165, 1.54) is 27.7 Å². The molecule has 5 atom stereocenters. The predicted molar refractivity (Wildman–Crippen MR) is 211 cm³/mol. The van der Waals surface area contributed by atoms with Gasteiger partial charge in [-0.3, -0.25) is 43.3 Å². The zero-order valence-electron chi connectivity index (χ0n) is 34.3. The molecule has 0 saturated heterocycles. The lowest BCUT2D eigenvalue weighted by Gasteiger charge is -2.45. The molecular weight excluding hydrogens is 758 g/mol. The quantitative estimate of drug-likeness (QED) is 0.0521. The lowest BCUT2D eigenvalue weighted by atomic mass is 9.72. The van der Waals surface area contributed by atoms with Crippen molar-refractivity contribution in [3.63, 3.8) is 0 Å². The van der Waals surface area contributed by atoms with Gasteiger partial charge in [0.1, 0.15) is 18.2 Å². The minimum atomic E-state index is -1.68. The van der Waals surface area contributed by atoms with Crippen molar-refractivity contribution in [3.8, 4) is 0 Å². The van der Waals surface area contributed by atoms with Crippen molar-refractivity contribution in [3.05, 3.63) is 48.0 Å². The summed E-state index contributed by atoms with van der Waals surface area (Å²) in [7, 11) is 0. The first-order valence-corrected chi connectivity index (χ1v) is 19.2. The maximum absolute atomic E-state index is 13.8. The molecule has 0 aliphatic carbocycles. The SMILES string of the molecule is CC.CCNC(=O)CNC(=O)C(Cc1ccccc1)NC(=O)CNC(=O)C(CCC(=O)NCC(O)C(O)C(O)CCO)NC(=O)C(C)(C)C(C)(C)N1C(=O)C=CC1=O. The topological polar surface area (TPSA) is 293 Å². The van der Waals surface area contributed by atoms with Crippen LogP contribution in [-0.4, -0.2) is 141 Å². The van der Waals surface area contributed by atoms with Gasteiger partial charge in [-0.15, -0.1) is 0 Å². The molecule has 19 heteroatoms. The molecule has 5 unspecified atom stereocenters. The van der Waals surface area contributed by atoms with Crippen molar-refractivity contribution >= 4 is 47.3 Å². The van der Waals surface area contributed by atoms with Gasteiger partial charge in [-0.1, -0.05) is 44.2 Å². The average Bonchev–Trinajstić information content (AvgIpc) is 3.54. The Bertz CT molecular complexity index is 1580. The van der Waals surface area contributed by atoms with Crippen LogP contribution in [0, 0.1) is 5.41 Å². The zero-order valence-corrected chi connectivity index (χ0v) is 34.3. The maximum Gasteiger partial charge on any atom is 0.254 e. The summed E-state index contributed by atoms with van der Waals surface area (Å²) in [6.07, 6.45) is -3.56. The molecule has 1 aromatic rings. The van der Waals surface area contributed by atoms with E-state index in [4.69, 9.17) is 5.11 Å². The van der Waals surface area contributed by atoms with E-state index in [9.17, 15) is 53.7 Å². The van der Waals surface area contributed by atoms with E-state index in [1.807, 2.05) is 13.8 Å². The third-order valence-electron chi connectivity index (χ3n) is 9.62. The van der Waals surface area contributed by atoms with Crippen LogP contribution in [0.4, 0.5) is 0 Å². The number of hydrogen-bond acceptors (Lipinski definition) is 12. The van der Waals surface area contributed by atoms with E-state index < -0.39 is 115 Å². The molecule has 1 heterocycles. The third-order valence-corrected chi connectivity index (χ3v) is 9.62. The van der Waals surface area contributed by atoms with Gasteiger partial charge < -0.3 is 52.3 Å². The van der Waals surface area contributed by atoms with E-state index in [1.54, 1.807) is 37.3 Å². The van der Waals surface area contributed by atoms with Gasteiger partial charge in [0, 0.05) is 44.7 Å². The van der Waals surface area contributed by atoms with Gasteiger partial charge in [0.15, 0.2) is 0 Å². The van der Waals surface area contributed by atoms with Crippen molar-refractivity contribution in [2.45, 2.75) is 110 Å². The van der Waals surface area contributed by atoms with Crippen molar-refractivity contribution < 1.29 is 58.8 Å². The monoisotopic (exact) mass is 819 g/mol. The van der Waals surface area contributed by atoms with Crippen LogP contribution >= 0.6 is 0 Å². The molecule has 1 aliphatic heterocycles. The zero-order chi connectivity index (χ0) is 44.2. The number of carbonyl (C=O) groups is 8. The van der Waals surface area contributed by atoms with Gasteiger partial charge in [0.05, 0.1) is 36.3 Å². The number of likely N-dealkylation sites (N-methyl/N-ethyl adjacent to an activating group) is 1. The summed E-state index contributed by atoms with van der Waals surface area (Å²) in [5.41, 5.74) is -2.25. The molecule has 2 rings (SSSR count). The van der Waals surface area contributed by atoms with E-state index >= 15 is 0 Å². The molecule has 0 aromatic heterocycles. The highest BCUT2D eigenvalue weighted by Crippen LogP contribution is 2.38. The van der Waals surface area contributed by atoms with Crippen molar-refractivity contribution in [1.29, 1.82) is 0 Å². The minimum Gasteiger partial charge on any atom is -0.396 e. The summed E-state index contributed by atoms with van der Waals surface area (Å²) >= 11 is 0. The lowest BCUT2D eigenvalue weighted by molar-refractivity contribution is -0.153. The summed E-state index contributed by atoms with van der Waals surface area (Å²) in [6, 6.07) is 6.10. The number of amides is 8. The minimum absolute atomic E-state index is 0.0457. The Morgan fingerprint density at radius 2 is 1.26 bits per heavy atom. The Morgan fingerprint density at radius 1 is 0.707 bits per heavy atom. The molecule has 8 amide bonds. The Morgan fingerprint density at radius 3 is 1.81 bits per heavy atom. The maximum atomic E-state index is 13.8. The molecule has 19 nitrogen and oxygen atoms in total. The van der Waals surface area contributed by atoms with Crippen molar-refractivity contribution in [2.24, 2.45) is 5.41 Å². The van der Waals surface area contributed by atoms with E-state index in [-0.39, 0.29) is 25.8 Å². The van der Waals surface area contributed by atoms with E-state index in [2.05, 4.69) is 31.9 Å². The molecular formula is C39H61N7O12. The van der Waals surface area contributed by atoms with Crippen LogP contribution in [0.3, 0.4) is 0 Å². The first-order chi connectivity index (χ1) is 27.3. The van der Waals surface area contributed by atoms with Gasteiger partial charge in [-0.2, -0.15) is 0 Å². The first kappa shape index (κ1) is 50.8. The fourth-order valence-electron chi connectivity index (χ4n) is 5.52. The number of hydrogen-bond donors (Lipinski definition) is 10. The van der Waals surface area contributed by atoms with Crippen LogP contribution in [0.15, 0.2) is 42.5 Å². The smallest absolute Gasteiger partial charge is 0.254 e. The number of imide groups is 1. The molecule has 324 valence electrons. The number of aliphatic hydroxyl groups is 4. The molecule has 10 N–H and O–H groups in total. The van der Waals surface area contributed by atoms with Crippen LogP contribution in [0.1, 0.15) is 73.3 Å². The summed E-state index contributed by atoms with van der Waals surface area (Å²) < 4.78 is 0. The predicted octanol–water partition coefficient (Wildman–Crippen LogP) is -2.32. The van der Waals surface area contributed by atoms with Gasteiger partial charge >= 0.3 is 0 Å². The molecule has 0 spiro atoms. The molecule has 0 bridgehead atoms. The standard InChI is InChI=1S/C37H55N7O12.C2H6/c1-6-38-28(49)20-40-34(55)24(18-22-10-8-7-9-11-22)42-29(50)21-41-33(54)23(12-13-27(48)39-19-26(47)32(53)25(46)16-17-45)43-35(56)36(2,3)37(4,5)44-30(51)14-15-31(44)52;1-2/h7-11,14-15,23-26,32,45-47,53H,6,12-13,16-21H2,1-5H3,(H,38,49)(H,39,48)(H,40,55)(H,41,54)(H,42,50)(H,43,56);1-2H3. The van der Waals surface area contributed by atoms with Crippen LogP contribution in [0.2, 0.25) is 0 Å². The van der Waals surface area contributed by atoms with Crippen molar-refractivity contribution in [1.82, 2.24) is 36.8 Å². The fraction of sp³-hybridized carbons (Fsp3) is 0.590. The van der Waals surface area contributed by atoms with Crippen LogP contribution in [-0.2, 0) is 44.8 Å². The van der Waals surface area contributed by atoms with Gasteiger partial charge in [0.2, 0.25) is 35.4 Å². The highest BCUT2D eigenvalue weighted by Gasteiger charge is 2.52. The Balaban J connectivity index is 0.00000827. The number of carbonyl (C=O) groups excluding carboxylic acids is 8. The number of benzene rings is 1. The molecule has 58 heavy (non-hydrogen) atoms. The lowest BCUT2D eigenvalue weighted by Crippen LogP contribution is -2.63. The molecule has 1 aromatic carbocycles. The number of rotatable bonds is 23. The highest BCUT2D eigenvalue weighted by atomic mass is 16.4. The second kappa shape index (κ2) is 24.5. The molecule has 0 radical (unpaired) electrons. The first-order valence-electron chi connectivity index (χ1n) is 19.2. The number of nitrogens with one attached hydrogen (secondary N) is 6. The van der Waals surface area contributed by atoms with E-state index in [0.717, 1.165) is 17.1 Å². The Kier molecular flexibility index (Phi) is 21.5. The van der Waals surface area contributed by atoms with E-state index in [0.29, 0.717) is 12.1 Å². The van der Waals surface area contributed by atoms with Crippen molar-refractivity contribution in [2.75, 3.05) is 32.8 Å². The molecule has 0 fully saturated rings. The fourth-order valence-corrected chi connectivity index (χ4v) is 5.52. The average molecular weight is 820 g/mol. The largest absolute Gasteiger partial charge is 0.396 e. The highest BCUT2D eigenvalue weighted by molar-refractivity contribution is 6.14. The summed E-state index contributed by atoms with van der Waals surface area (Å²) in [4.78, 5) is 104. The third kappa shape index (κ3) is 15.3. The van der Waals surface area contributed by atoms with Crippen LogP contribution < -0.4 is 31.9 Å². The Hall–Kier alpha value is -5.24. The second-order valence-electron chi connectivity index (χ2n) is 14.2. The number of aliphatic hydroxyl groups excluding tert-OH is 4. The normalized spacial score (nSPS) is 15.1. The van der Waals surface area contributed by atoms with Crippen LogP contribution in [0.25, 0.3) is 0 Å². The summed E-state index contributed by atoms with van der Waals surface area (Å²) in [6.45, 7) is 10.00. The Labute approximate surface area is 338 Å². The van der Waals surface area contributed by atoms with Gasteiger partial charge in [-0.05, 0) is 53.0 Å². The summed E-state index contributed by atoms with van der Waals surface area (Å²) in [5.74, 6) is -5.60. The summed E-state index contributed by atoms with van der Waals surface area (Å²) in [5, 5.41) is 53.8. The van der Waals surface area contributed by atoms with Gasteiger partial charge in [0.25, 0.3) is 11.8 Å². The molecule has 0 saturated carbocycles. The number of nitrogens with zero attached hydrogens (tertiary/aromatic N) is 1. The second-order valence-corrected chi connectivity index (χ2v) is 14.2.